The van der Waals surface area contributed by atoms with Crippen LogP contribution in [0.15, 0.2) is 41.1 Å². The lowest BCUT2D eigenvalue weighted by molar-refractivity contribution is 0.395. The summed E-state index contributed by atoms with van der Waals surface area (Å²) in [6, 6.07) is 10.1. The van der Waals surface area contributed by atoms with E-state index in [0.717, 1.165) is 22.4 Å². The summed E-state index contributed by atoms with van der Waals surface area (Å²) in [6.45, 7) is 2.07. The van der Waals surface area contributed by atoms with Gasteiger partial charge in [0.15, 0.2) is 0 Å². The van der Waals surface area contributed by atoms with Crippen LogP contribution in [0.1, 0.15) is 21.8 Å². The fourth-order valence-corrected chi connectivity index (χ4v) is 2.78. The van der Waals surface area contributed by atoms with Crippen LogP contribution in [-0.2, 0) is 6.42 Å². The van der Waals surface area contributed by atoms with Gasteiger partial charge in [0.1, 0.15) is 17.7 Å². The summed E-state index contributed by atoms with van der Waals surface area (Å²) in [7, 11) is 1.60. The maximum Gasteiger partial charge on any atom is 0.216 e. The zero-order valence-electron chi connectivity index (χ0n) is 11.8. The van der Waals surface area contributed by atoms with E-state index in [1.54, 1.807) is 7.11 Å². The Kier molecular flexibility index (Phi) is 3.92. The molecule has 0 fully saturated rings. The number of halogens is 1. The minimum absolute atomic E-state index is 0.0600. The average Bonchev–Trinajstić information content (AvgIpc) is 2.90. The summed E-state index contributed by atoms with van der Waals surface area (Å²) < 4.78 is 11.0. The Bertz CT molecular complexity index is 770. The van der Waals surface area contributed by atoms with Crippen LogP contribution in [0.5, 0.6) is 5.88 Å². The molecule has 0 amide bonds. The molecule has 3 rings (SSSR count). The molecule has 0 aliphatic heterocycles. The van der Waals surface area contributed by atoms with Crippen molar-refractivity contribution >= 4 is 26.9 Å². The van der Waals surface area contributed by atoms with Crippen LogP contribution in [0.25, 0.3) is 11.0 Å². The smallest absolute Gasteiger partial charge is 0.216 e. The molecule has 0 aliphatic carbocycles. The molecule has 0 bridgehead atoms. The van der Waals surface area contributed by atoms with Crippen LogP contribution in [0.4, 0.5) is 0 Å². The monoisotopic (exact) mass is 346 g/mol. The number of furan rings is 1. The van der Waals surface area contributed by atoms with E-state index in [1.165, 1.54) is 11.9 Å². The summed E-state index contributed by atoms with van der Waals surface area (Å²) in [6.07, 6.45) is 2.22. The molecule has 4 nitrogen and oxygen atoms in total. The highest BCUT2D eigenvalue weighted by Crippen LogP contribution is 2.32. The fraction of sp³-hybridized carbons (Fsp3) is 0.250. The molecule has 0 N–H and O–H groups in total. The topological polar surface area (TPSA) is 48.2 Å². The lowest BCUT2D eigenvalue weighted by Gasteiger charge is -2.06. The highest BCUT2D eigenvalue weighted by molar-refractivity contribution is 9.09. The van der Waals surface area contributed by atoms with E-state index in [1.807, 2.05) is 18.2 Å². The van der Waals surface area contributed by atoms with Crippen LogP contribution in [0.3, 0.4) is 0 Å². The molecule has 1 atom stereocenters. The van der Waals surface area contributed by atoms with E-state index < -0.39 is 0 Å². The molecule has 2 aromatic heterocycles. The SMILES string of the molecule is COc1cc(CC(Br)c2cc3cc(C)ccc3o2)ncn1. The maximum absolute atomic E-state index is 5.89. The second-order valence-electron chi connectivity index (χ2n) is 4.91. The van der Waals surface area contributed by atoms with E-state index in [0.29, 0.717) is 12.3 Å². The number of aryl methyl sites for hydroxylation is 1. The summed E-state index contributed by atoms with van der Waals surface area (Å²) in [5.41, 5.74) is 3.03. The van der Waals surface area contributed by atoms with Gasteiger partial charge in [0.25, 0.3) is 0 Å². The van der Waals surface area contributed by atoms with E-state index in [9.17, 15) is 0 Å². The number of benzene rings is 1. The van der Waals surface area contributed by atoms with Gasteiger partial charge >= 0.3 is 0 Å². The molecule has 3 aromatic rings. The third kappa shape index (κ3) is 3.08. The van der Waals surface area contributed by atoms with Crippen LogP contribution >= 0.6 is 15.9 Å². The van der Waals surface area contributed by atoms with Crippen molar-refractivity contribution in [2.75, 3.05) is 7.11 Å². The van der Waals surface area contributed by atoms with Gasteiger partial charge < -0.3 is 9.15 Å². The third-order valence-electron chi connectivity index (χ3n) is 3.30. The molecule has 108 valence electrons. The first-order chi connectivity index (χ1) is 10.2. The molecule has 21 heavy (non-hydrogen) atoms. The minimum atomic E-state index is 0.0600. The largest absolute Gasteiger partial charge is 0.481 e. The van der Waals surface area contributed by atoms with Gasteiger partial charge in [-0.05, 0) is 25.1 Å². The van der Waals surface area contributed by atoms with Crippen molar-refractivity contribution in [3.63, 3.8) is 0 Å². The van der Waals surface area contributed by atoms with Crippen molar-refractivity contribution in [3.8, 4) is 5.88 Å². The summed E-state index contributed by atoms with van der Waals surface area (Å²) in [4.78, 5) is 8.33. The van der Waals surface area contributed by atoms with Gasteiger partial charge in [0, 0.05) is 23.6 Å². The van der Waals surface area contributed by atoms with Gasteiger partial charge in [-0.15, -0.1) is 0 Å². The van der Waals surface area contributed by atoms with E-state index in [-0.39, 0.29) is 4.83 Å². The molecule has 0 spiro atoms. The van der Waals surface area contributed by atoms with Crippen LogP contribution in [-0.4, -0.2) is 17.1 Å². The van der Waals surface area contributed by atoms with Crippen molar-refractivity contribution < 1.29 is 9.15 Å². The molecule has 1 unspecified atom stereocenters. The molecule has 5 heteroatoms. The lowest BCUT2D eigenvalue weighted by atomic mass is 10.1. The number of aromatic nitrogens is 2. The van der Waals surface area contributed by atoms with E-state index in [4.69, 9.17) is 9.15 Å². The standard InChI is InChI=1S/C16H15BrN2O2/c1-10-3-4-14-11(5-10)6-15(21-14)13(17)7-12-8-16(20-2)19-9-18-12/h3-6,8-9,13H,7H2,1-2H3. The Morgan fingerprint density at radius 2 is 2.10 bits per heavy atom. The molecule has 0 saturated heterocycles. The Labute approximate surface area is 131 Å². The normalized spacial score (nSPS) is 12.5. The molecule has 0 radical (unpaired) electrons. The minimum Gasteiger partial charge on any atom is -0.481 e. The van der Waals surface area contributed by atoms with Gasteiger partial charge in [0.05, 0.1) is 11.9 Å². The van der Waals surface area contributed by atoms with Crippen LogP contribution < -0.4 is 4.74 Å². The lowest BCUT2D eigenvalue weighted by Crippen LogP contribution is -1.98. The van der Waals surface area contributed by atoms with Crippen molar-refractivity contribution in [2.24, 2.45) is 0 Å². The fourth-order valence-electron chi connectivity index (χ4n) is 2.22. The second kappa shape index (κ2) is 5.85. The van der Waals surface area contributed by atoms with Gasteiger partial charge in [-0.25, -0.2) is 9.97 Å². The number of nitrogens with zero attached hydrogens (tertiary/aromatic N) is 2. The molecule has 0 saturated carbocycles. The van der Waals surface area contributed by atoms with Gasteiger partial charge in [-0.3, -0.25) is 0 Å². The maximum atomic E-state index is 5.89. The number of methoxy groups -OCH3 is 1. The predicted octanol–water partition coefficient (Wildman–Crippen LogP) is 4.22. The molecular weight excluding hydrogens is 332 g/mol. The quantitative estimate of drug-likeness (QED) is 0.663. The Morgan fingerprint density at radius 1 is 1.24 bits per heavy atom. The third-order valence-corrected chi connectivity index (χ3v) is 4.07. The van der Waals surface area contributed by atoms with Gasteiger partial charge in [-0.1, -0.05) is 27.6 Å². The first-order valence-electron chi connectivity index (χ1n) is 6.65. The van der Waals surface area contributed by atoms with E-state index in [2.05, 4.69) is 45.0 Å². The van der Waals surface area contributed by atoms with Crippen LogP contribution in [0.2, 0.25) is 0 Å². The molecule has 2 heterocycles. The Balaban J connectivity index is 1.84. The number of fused-ring (bicyclic) bond motifs is 1. The van der Waals surface area contributed by atoms with Crippen LogP contribution in [0, 0.1) is 6.92 Å². The molecule has 1 aromatic carbocycles. The van der Waals surface area contributed by atoms with Crippen molar-refractivity contribution in [1.82, 2.24) is 9.97 Å². The van der Waals surface area contributed by atoms with Crippen molar-refractivity contribution in [3.05, 3.63) is 53.7 Å². The highest BCUT2D eigenvalue weighted by Gasteiger charge is 2.15. The zero-order valence-corrected chi connectivity index (χ0v) is 13.4. The predicted molar refractivity (Wildman–Crippen MR) is 84.9 cm³/mol. The van der Waals surface area contributed by atoms with Crippen molar-refractivity contribution in [1.29, 1.82) is 0 Å². The molecule has 0 aliphatic rings. The highest BCUT2D eigenvalue weighted by atomic mass is 79.9. The summed E-state index contributed by atoms with van der Waals surface area (Å²) in [5.74, 6) is 1.47. The Morgan fingerprint density at radius 3 is 2.90 bits per heavy atom. The number of ether oxygens (including phenoxy) is 1. The number of alkyl halides is 1. The number of hydrogen-bond donors (Lipinski definition) is 0. The Hall–Kier alpha value is -1.88. The molecular formula is C16H15BrN2O2. The average molecular weight is 347 g/mol. The van der Waals surface area contributed by atoms with Crippen molar-refractivity contribution in [2.45, 2.75) is 18.2 Å². The first-order valence-corrected chi connectivity index (χ1v) is 7.56. The summed E-state index contributed by atoms with van der Waals surface area (Å²) in [5, 5.41) is 1.12. The summed E-state index contributed by atoms with van der Waals surface area (Å²) >= 11 is 3.67. The second-order valence-corrected chi connectivity index (χ2v) is 6.02. The van der Waals surface area contributed by atoms with Gasteiger partial charge in [-0.2, -0.15) is 0 Å². The number of rotatable bonds is 4. The van der Waals surface area contributed by atoms with E-state index >= 15 is 0 Å². The number of hydrogen-bond acceptors (Lipinski definition) is 4. The first kappa shape index (κ1) is 14.1. The van der Waals surface area contributed by atoms with Gasteiger partial charge in [0.2, 0.25) is 5.88 Å². The zero-order chi connectivity index (χ0) is 14.8.